The highest BCUT2D eigenvalue weighted by Crippen LogP contribution is 2.34. The molecule has 8 nitrogen and oxygen atoms in total. The second kappa shape index (κ2) is 7.30. The van der Waals surface area contributed by atoms with E-state index in [1.165, 1.54) is 0 Å². The molecule has 2 aliphatic rings. The molecule has 2 aliphatic heterocycles. The molecule has 2 heterocycles. The number of benzene rings is 2. The first kappa shape index (κ1) is 18.0. The minimum Gasteiger partial charge on any atom is -0.486 e. The van der Waals surface area contributed by atoms with Crippen molar-refractivity contribution >= 4 is 23.3 Å². The van der Waals surface area contributed by atoms with E-state index in [1.54, 1.807) is 30.1 Å². The molecule has 0 saturated heterocycles. The molecule has 0 unspecified atom stereocenters. The molecule has 2 N–H and O–H groups in total. The standard InChI is InChI=1S/C20H21N3O5/c1-12(13-3-6-16-18(9-13)27-8-7-26-16)23(2)20(25)21-14-4-5-15-17(10-14)28-11-19(24)22-15/h3-6,9-10,12H,7-8,11H2,1-2H3,(H,21,25)(H,22,24)/t12-/m1/s1. The average Bonchev–Trinajstić information content (AvgIpc) is 2.72. The third kappa shape index (κ3) is 3.53. The Morgan fingerprint density at radius 1 is 1.07 bits per heavy atom. The second-order valence-electron chi connectivity index (χ2n) is 6.67. The normalized spacial score (nSPS) is 15.6. The molecule has 28 heavy (non-hydrogen) atoms. The molecule has 0 bridgehead atoms. The summed E-state index contributed by atoms with van der Waals surface area (Å²) in [7, 11) is 1.73. The van der Waals surface area contributed by atoms with Gasteiger partial charge < -0.3 is 29.7 Å². The van der Waals surface area contributed by atoms with Crippen LogP contribution in [0.5, 0.6) is 17.2 Å². The SMILES string of the molecule is C[C@H](c1ccc2c(c1)OCCO2)N(C)C(=O)Nc1ccc2c(c1)OCC(=O)N2. The van der Waals surface area contributed by atoms with E-state index in [9.17, 15) is 9.59 Å². The van der Waals surface area contributed by atoms with Gasteiger partial charge in [-0.05, 0) is 36.8 Å². The molecule has 146 valence electrons. The zero-order chi connectivity index (χ0) is 19.7. The summed E-state index contributed by atoms with van der Waals surface area (Å²) in [5.74, 6) is 1.74. The minimum absolute atomic E-state index is 0.0363. The first-order chi connectivity index (χ1) is 13.5. The van der Waals surface area contributed by atoms with Crippen molar-refractivity contribution in [2.45, 2.75) is 13.0 Å². The van der Waals surface area contributed by atoms with Gasteiger partial charge in [-0.3, -0.25) is 4.79 Å². The van der Waals surface area contributed by atoms with Gasteiger partial charge in [0.1, 0.15) is 19.0 Å². The Morgan fingerprint density at radius 3 is 2.68 bits per heavy atom. The Hall–Kier alpha value is -3.42. The highest BCUT2D eigenvalue weighted by atomic mass is 16.6. The highest BCUT2D eigenvalue weighted by molar-refractivity contribution is 5.96. The van der Waals surface area contributed by atoms with E-state index in [-0.39, 0.29) is 24.6 Å². The molecule has 0 radical (unpaired) electrons. The summed E-state index contributed by atoms with van der Waals surface area (Å²) in [6.07, 6.45) is 0. The molecule has 0 fully saturated rings. The molecule has 4 rings (SSSR count). The molecule has 2 aromatic rings. The summed E-state index contributed by atoms with van der Waals surface area (Å²) in [5.41, 5.74) is 2.12. The molecular formula is C20H21N3O5. The molecule has 0 spiro atoms. The van der Waals surface area contributed by atoms with Crippen molar-refractivity contribution in [2.75, 3.05) is 37.5 Å². The number of anilines is 2. The topological polar surface area (TPSA) is 89.1 Å². The second-order valence-corrected chi connectivity index (χ2v) is 6.67. The van der Waals surface area contributed by atoms with Gasteiger partial charge in [0, 0.05) is 18.8 Å². The predicted octanol–water partition coefficient (Wildman–Crippen LogP) is 3.01. The van der Waals surface area contributed by atoms with E-state index < -0.39 is 0 Å². The van der Waals surface area contributed by atoms with Crippen LogP contribution in [0.4, 0.5) is 16.2 Å². The number of ether oxygens (including phenoxy) is 3. The van der Waals surface area contributed by atoms with Gasteiger partial charge in [-0.2, -0.15) is 0 Å². The van der Waals surface area contributed by atoms with E-state index in [0.717, 1.165) is 11.3 Å². The highest BCUT2D eigenvalue weighted by Gasteiger charge is 2.21. The lowest BCUT2D eigenvalue weighted by atomic mass is 10.1. The molecule has 0 aromatic heterocycles. The van der Waals surface area contributed by atoms with Gasteiger partial charge in [-0.25, -0.2) is 4.79 Å². The lowest BCUT2D eigenvalue weighted by Crippen LogP contribution is -2.33. The number of amides is 3. The van der Waals surface area contributed by atoms with Crippen molar-refractivity contribution in [1.82, 2.24) is 4.90 Å². The fraction of sp³-hybridized carbons (Fsp3) is 0.300. The van der Waals surface area contributed by atoms with Crippen LogP contribution in [0.25, 0.3) is 0 Å². The number of fused-ring (bicyclic) bond motifs is 2. The maximum Gasteiger partial charge on any atom is 0.322 e. The Balaban J connectivity index is 1.45. The zero-order valence-corrected chi connectivity index (χ0v) is 15.7. The van der Waals surface area contributed by atoms with Gasteiger partial charge >= 0.3 is 6.03 Å². The fourth-order valence-corrected chi connectivity index (χ4v) is 3.08. The number of hydrogen-bond acceptors (Lipinski definition) is 5. The van der Waals surface area contributed by atoms with E-state index in [1.807, 2.05) is 25.1 Å². The molecular weight excluding hydrogens is 362 g/mol. The van der Waals surface area contributed by atoms with Crippen molar-refractivity contribution in [3.8, 4) is 17.2 Å². The monoisotopic (exact) mass is 383 g/mol. The first-order valence-electron chi connectivity index (χ1n) is 9.01. The van der Waals surface area contributed by atoms with E-state index in [2.05, 4.69) is 10.6 Å². The molecule has 3 amide bonds. The summed E-state index contributed by atoms with van der Waals surface area (Å²) in [6, 6.07) is 10.4. The van der Waals surface area contributed by atoms with Crippen LogP contribution in [-0.4, -0.2) is 43.7 Å². The summed E-state index contributed by atoms with van der Waals surface area (Å²) in [6.45, 7) is 2.96. The molecule has 2 aromatic carbocycles. The number of hydrogen-bond donors (Lipinski definition) is 2. The van der Waals surface area contributed by atoms with Crippen LogP contribution in [0, 0.1) is 0 Å². The van der Waals surface area contributed by atoms with Crippen LogP contribution in [-0.2, 0) is 4.79 Å². The number of rotatable bonds is 3. The van der Waals surface area contributed by atoms with Crippen LogP contribution >= 0.6 is 0 Å². The van der Waals surface area contributed by atoms with Gasteiger partial charge in [0.15, 0.2) is 18.1 Å². The first-order valence-corrected chi connectivity index (χ1v) is 9.01. The molecule has 0 saturated carbocycles. The maximum absolute atomic E-state index is 12.7. The number of carbonyl (C=O) groups is 2. The van der Waals surface area contributed by atoms with Crippen molar-refractivity contribution in [1.29, 1.82) is 0 Å². The third-order valence-electron chi connectivity index (χ3n) is 4.82. The Bertz CT molecular complexity index is 930. The Morgan fingerprint density at radius 2 is 1.86 bits per heavy atom. The number of nitrogens with zero attached hydrogens (tertiary/aromatic N) is 1. The number of urea groups is 1. The minimum atomic E-state index is -0.262. The smallest absolute Gasteiger partial charge is 0.322 e. The van der Waals surface area contributed by atoms with Gasteiger partial charge in [-0.15, -0.1) is 0 Å². The lowest BCUT2D eigenvalue weighted by Gasteiger charge is -2.27. The summed E-state index contributed by atoms with van der Waals surface area (Å²) in [5, 5.41) is 5.57. The number of carbonyl (C=O) groups excluding carboxylic acids is 2. The molecule has 1 atom stereocenters. The van der Waals surface area contributed by atoms with E-state index >= 15 is 0 Å². The average molecular weight is 383 g/mol. The Labute approximate surface area is 162 Å². The predicted molar refractivity (Wildman–Crippen MR) is 103 cm³/mol. The summed E-state index contributed by atoms with van der Waals surface area (Å²) in [4.78, 5) is 25.6. The van der Waals surface area contributed by atoms with Crippen LogP contribution in [0.15, 0.2) is 36.4 Å². The molecule has 0 aliphatic carbocycles. The van der Waals surface area contributed by atoms with Gasteiger partial charge in [-0.1, -0.05) is 6.07 Å². The molecule has 8 heteroatoms. The van der Waals surface area contributed by atoms with Crippen molar-refractivity contribution < 1.29 is 23.8 Å². The van der Waals surface area contributed by atoms with Crippen LogP contribution in [0.2, 0.25) is 0 Å². The van der Waals surface area contributed by atoms with Crippen molar-refractivity contribution in [3.05, 3.63) is 42.0 Å². The van der Waals surface area contributed by atoms with E-state index in [4.69, 9.17) is 14.2 Å². The number of nitrogens with one attached hydrogen (secondary N) is 2. The summed E-state index contributed by atoms with van der Waals surface area (Å²) >= 11 is 0. The third-order valence-corrected chi connectivity index (χ3v) is 4.82. The van der Waals surface area contributed by atoms with Crippen LogP contribution in [0.3, 0.4) is 0 Å². The van der Waals surface area contributed by atoms with Crippen molar-refractivity contribution in [2.24, 2.45) is 0 Å². The zero-order valence-electron chi connectivity index (χ0n) is 15.7. The largest absolute Gasteiger partial charge is 0.486 e. The maximum atomic E-state index is 12.7. The van der Waals surface area contributed by atoms with Gasteiger partial charge in [0.05, 0.1) is 11.7 Å². The van der Waals surface area contributed by atoms with Crippen LogP contribution < -0.4 is 24.8 Å². The van der Waals surface area contributed by atoms with Crippen molar-refractivity contribution in [3.63, 3.8) is 0 Å². The van der Waals surface area contributed by atoms with E-state index in [0.29, 0.717) is 36.1 Å². The van der Waals surface area contributed by atoms with Gasteiger partial charge in [0.25, 0.3) is 5.91 Å². The van der Waals surface area contributed by atoms with Gasteiger partial charge in [0.2, 0.25) is 0 Å². The fourth-order valence-electron chi connectivity index (χ4n) is 3.08. The van der Waals surface area contributed by atoms with Crippen LogP contribution in [0.1, 0.15) is 18.5 Å². The summed E-state index contributed by atoms with van der Waals surface area (Å²) < 4.78 is 16.5. The Kier molecular flexibility index (Phi) is 4.68. The lowest BCUT2D eigenvalue weighted by molar-refractivity contribution is -0.118. The quantitative estimate of drug-likeness (QED) is 0.851.